The summed E-state index contributed by atoms with van der Waals surface area (Å²) in [5.41, 5.74) is 0.507. The van der Waals surface area contributed by atoms with E-state index in [1.54, 1.807) is 4.90 Å². The Kier molecular flexibility index (Phi) is 4.62. The molecule has 0 N–H and O–H groups in total. The van der Waals surface area contributed by atoms with E-state index in [2.05, 4.69) is 15.9 Å². The van der Waals surface area contributed by atoms with E-state index in [4.69, 9.17) is 4.74 Å². The summed E-state index contributed by atoms with van der Waals surface area (Å²) in [6.45, 7) is 2.70. The number of anilines is 1. The molecule has 4 nitrogen and oxygen atoms in total. The van der Waals surface area contributed by atoms with Gasteiger partial charge in [0.2, 0.25) is 5.91 Å². The maximum Gasteiger partial charge on any atom is 0.340 e. The summed E-state index contributed by atoms with van der Waals surface area (Å²) in [4.78, 5) is 26.7. The summed E-state index contributed by atoms with van der Waals surface area (Å²) in [5.74, 6) is 0.0188. The predicted octanol–water partition coefficient (Wildman–Crippen LogP) is 2.84. The molecule has 0 radical (unpaired) electrons. The molecule has 1 amide bonds. The number of carbonyl (C=O) groups is 2. The Balaban J connectivity index is 2.35. The minimum atomic E-state index is -0.374. The van der Waals surface area contributed by atoms with Crippen LogP contribution < -0.4 is 4.90 Å². The van der Waals surface area contributed by atoms with E-state index in [0.29, 0.717) is 24.4 Å². The van der Waals surface area contributed by atoms with Crippen molar-refractivity contribution in [2.75, 3.05) is 23.9 Å². The van der Waals surface area contributed by atoms with Crippen LogP contribution in [0.4, 0.5) is 5.00 Å². The van der Waals surface area contributed by atoms with Crippen molar-refractivity contribution in [1.82, 2.24) is 0 Å². The minimum Gasteiger partial charge on any atom is -0.465 e. The first-order valence-electron chi connectivity index (χ1n) is 6.18. The number of halogens is 1. The molecule has 1 aromatic rings. The van der Waals surface area contributed by atoms with Gasteiger partial charge in [0.25, 0.3) is 0 Å². The van der Waals surface area contributed by atoms with E-state index in [-0.39, 0.29) is 11.9 Å². The molecule has 0 bridgehead atoms. The minimum absolute atomic E-state index is 0.0825. The molecule has 1 fully saturated rings. The van der Waals surface area contributed by atoms with Crippen LogP contribution in [0.2, 0.25) is 0 Å². The Bertz CT molecular complexity index is 500. The summed E-state index contributed by atoms with van der Waals surface area (Å²) in [6.07, 6.45) is 1.38. The van der Waals surface area contributed by atoms with Gasteiger partial charge in [-0.05, 0) is 18.4 Å². The molecule has 1 saturated heterocycles. The number of methoxy groups -OCH3 is 1. The fourth-order valence-corrected chi connectivity index (χ4v) is 3.69. The second-order valence-electron chi connectivity index (χ2n) is 4.51. The summed E-state index contributed by atoms with van der Waals surface area (Å²) >= 11 is 4.92. The van der Waals surface area contributed by atoms with Gasteiger partial charge in [-0.2, -0.15) is 0 Å². The zero-order chi connectivity index (χ0) is 14.0. The number of aryl methyl sites for hydroxylation is 1. The first-order valence-corrected chi connectivity index (χ1v) is 8.11. The van der Waals surface area contributed by atoms with Crippen LogP contribution in [-0.2, 0) is 16.0 Å². The van der Waals surface area contributed by atoms with Crippen molar-refractivity contribution in [2.24, 2.45) is 5.92 Å². The first kappa shape index (κ1) is 14.5. The van der Waals surface area contributed by atoms with Gasteiger partial charge in [-0.15, -0.1) is 11.3 Å². The molecule has 0 aromatic carbocycles. The first-order chi connectivity index (χ1) is 9.10. The van der Waals surface area contributed by atoms with Gasteiger partial charge in [0.15, 0.2) is 0 Å². The molecule has 0 saturated carbocycles. The van der Waals surface area contributed by atoms with Crippen LogP contribution in [0.25, 0.3) is 0 Å². The smallest absolute Gasteiger partial charge is 0.340 e. The molecule has 1 aromatic heterocycles. The number of carbonyl (C=O) groups excluding carboxylic acids is 2. The van der Waals surface area contributed by atoms with Crippen LogP contribution in [0.1, 0.15) is 28.6 Å². The number of rotatable bonds is 4. The SMILES string of the molecule is CCc1cc(C(=O)OC)c(N2CC(CBr)CC2=O)s1. The number of hydrogen-bond acceptors (Lipinski definition) is 4. The normalized spacial score (nSPS) is 19.0. The van der Waals surface area contributed by atoms with Crippen LogP contribution in [0.15, 0.2) is 6.07 Å². The molecule has 19 heavy (non-hydrogen) atoms. The van der Waals surface area contributed by atoms with E-state index in [1.807, 2.05) is 13.0 Å². The van der Waals surface area contributed by atoms with Crippen molar-refractivity contribution in [3.63, 3.8) is 0 Å². The molecule has 2 rings (SSSR count). The lowest BCUT2D eigenvalue weighted by Gasteiger charge is -2.15. The van der Waals surface area contributed by atoms with Crippen molar-refractivity contribution in [3.05, 3.63) is 16.5 Å². The maximum absolute atomic E-state index is 12.1. The molecular formula is C13H16BrNO3S. The number of amides is 1. The van der Waals surface area contributed by atoms with Gasteiger partial charge in [-0.25, -0.2) is 4.79 Å². The van der Waals surface area contributed by atoms with Crippen molar-refractivity contribution in [1.29, 1.82) is 0 Å². The number of hydrogen-bond donors (Lipinski definition) is 0. The van der Waals surface area contributed by atoms with Crippen molar-refractivity contribution in [2.45, 2.75) is 19.8 Å². The zero-order valence-corrected chi connectivity index (χ0v) is 13.3. The molecule has 2 heterocycles. The molecule has 1 aliphatic heterocycles. The van der Waals surface area contributed by atoms with E-state index < -0.39 is 0 Å². The number of ether oxygens (including phenoxy) is 1. The van der Waals surface area contributed by atoms with E-state index in [9.17, 15) is 9.59 Å². The Labute approximate surface area is 124 Å². The number of alkyl halides is 1. The molecule has 0 aliphatic carbocycles. The predicted molar refractivity (Wildman–Crippen MR) is 79.3 cm³/mol. The zero-order valence-electron chi connectivity index (χ0n) is 10.9. The van der Waals surface area contributed by atoms with Crippen LogP contribution in [-0.4, -0.2) is 30.9 Å². The summed E-state index contributed by atoms with van der Waals surface area (Å²) in [7, 11) is 1.36. The van der Waals surface area contributed by atoms with E-state index in [1.165, 1.54) is 18.4 Å². The highest BCUT2D eigenvalue weighted by atomic mass is 79.9. The van der Waals surface area contributed by atoms with Gasteiger partial charge >= 0.3 is 5.97 Å². The molecular weight excluding hydrogens is 330 g/mol. The Morgan fingerprint density at radius 3 is 2.89 bits per heavy atom. The van der Waals surface area contributed by atoms with Crippen molar-refractivity contribution >= 4 is 44.1 Å². The number of nitrogens with zero attached hydrogens (tertiary/aromatic N) is 1. The molecule has 0 spiro atoms. The lowest BCUT2D eigenvalue weighted by Crippen LogP contribution is -2.25. The third kappa shape index (κ3) is 2.84. The van der Waals surface area contributed by atoms with Crippen LogP contribution >= 0.6 is 27.3 Å². The lowest BCUT2D eigenvalue weighted by molar-refractivity contribution is -0.117. The second-order valence-corrected chi connectivity index (χ2v) is 6.27. The second kappa shape index (κ2) is 6.05. The highest BCUT2D eigenvalue weighted by Gasteiger charge is 2.33. The summed E-state index contributed by atoms with van der Waals surface area (Å²) in [5, 5.41) is 1.53. The number of esters is 1. The Morgan fingerprint density at radius 1 is 1.63 bits per heavy atom. The Morgan fingerprint density at radius 2 is 2.37 bits per heavy atom. The topological polar surface area (TPSA) is 46.6 Å². The molecule has 1 aliphatic rings. The fraction of sp³-hybridized carbons (Fsp3) is 0.538. The largest absolute Gasteiger partial charge is 0.465 e. The third-order valence-electron chi connectivity index (χ3n) is 3.19. The highest BCUT2D eigenvalue weighted by Crippen LogP contribution is 2.36. The monoisotopic (exact) mass is 345 g/mol. The van der Waals surface area contributed by atoms with Crippen LogP contribution in [0.5, 0.6) is 0 Å². The number of thiophene rings is 1. The molecule has 6 heteroatoms. The maximum atomic E-state index is 12.1. The van der Waals surface area contributed by atoms with Gasteiger partial charge in [0, 0.05) is 23.2 Å². The van der Waals surface area contributed by atoms with Crippen LogP contribution in [0, 0.1) is 5.92 Å². The van der Waals surface area contributed by atoms with Gasteiger partial charge in [-0.1, -0.05) is 22.9 Å². The standard InChI is InChI=1S/C13H16BrNO3S/c1-3-9-5-10(13(17)18-2)12(19-9)15-7-8(6-14)4-11(15)16/h5,8H,3-4,6-7H2,1-2H3. The molecule has 104 valence electrons. The van der Waals surface area contributed by atoms with E-state index in [0.717, 1.165) is 21.6 Å². The lowest BCUT2D eigenvalue weighted by atomic mass is 10.2. The average molecular weight is 346 g/mol. The summed E-state index contributed by atoms with van der Waals surface area (Å²) < 4.78 is 4.80. The fourth-order valence-electron chi connectivity index (χ4n) is 2.14. The Hall–Kier alpha value is -0.880. The summed E-state index contributed by atoms with van der Waals surface area (Å²) in [6, 6.07) is 1.83. The quantitative estimate of drug-likeness (QED) is 0.622. The highest BCUT2D eigenvalue weighted by molar-refractivity contribution is 9.09. The van der Waals surface area contributed by atoms with Crippen LogP contribution in [0.3, 0.4) is 0 Å². The average Bonchev–Trinajstić information content (AvgIpc) is 3.00. The van der Waals surface area contributed by atoms with Gasteiger partial charge < -0.3 is 9.64 Å². The van der Waals surface area contributed by atoms with Gasteiger partial charge in [-0.3, -0.25) is 4.79 Å². The van der Waals surface area contributed by atoms with Gasteiger partial charge in [0.1, 0.15) is 5.00 Å². The van der Waals surface area contributed by atoms with Crippen molar-refractivity contribution < 1.29 is 14.3 Å². The van der Waals surface area contributed by atoms with E-state index >= 15 is 0 Å². The van der Waals surface area contributed by atoms with Crippen molar-refractivity contribution in [3.8, 4) is 0 Å². The van der Waals surface area contributed by atoms with Gasteiger partial charge in [0.05, 0.1) is 12.7 Å². The molecule has 1 unspecified atom stereocenters. The molecule has 1 atom stereocenters. The third-order valence-corrected chi connectivity index (χ3v) is 5.40.